The van der Waals surface area contributed by atoms with Gasteiger partial charge in [0, 0.05) is 37.1 Å². The highest BCUT2D eigenvalue weighted by Gasteiger charge is 2.17. The van der Waals surface area contributed by atoms with E-state index in [0.717, 1.165) is 33.5 Å². The van der Waals surface area contributed by atoms with Crippen LogP contribution in [0.5, 0.6) is 11.5 Å². The molecule has 3 rings (SSSR count). The number of ether oxygens (including phenoxy) is 2. The van der Waals surface area contributed by atoms with E-state index in [1.807, 2.05) is 70.4 Å². The maximum absolute atomic E-state index is 13.4. The van der Waals surface area contributed by atoms with Gasteiger partial charge in [0.05, 0.1) is 31.7 Å². The van der Waals surface area contributed by atoms with Gasteiger partial charge in [-0.15, -0.1) is 0 Å². The average Bonchev–Trinajstić information content (AvgIpc) is 3.27. The minimum atomic E-state index is -0.204. The maximum Gasteiger partial charge on any atom is 0.252 e. The number of carbonyl (C=O) groups is 1. The molecule has 1 N–H and O–H groups in total. The van der Waals surface area contributed by atoms with Crippen LogP contribution in [0.15, 0.2) is 72.7 Å². The fraction of sp³-hybridized carbons (Fsp3) is 0.250. The average molecular weight is 473 g/mol. The van der Waals surface area contributed by atoms with Crippen molar-refractivity contribution in [2.45, 2.75) is 27.3 Å². The minimum Gasteiger partial charge on any atom is -0.493 e. The van der Waals surface area contributed by atoms with Crippen LogP contribution in [0.25, 0.3) is 16.7 Å². The molecule has 0 atom stereocenters. The summed E-state index contributed by atoms with van der Waals surface area (Å²) >= 11 is 0. The third-order valence-electron chi connectivity index (χ3n) is 5.39. The molecule has 0 radical (unpaired) electrons. The lowest BCUT2D eigenvalue weighted by molar-refractivity contribution is 0.0951. The minimum absolute atomic E-state index is 0.204. The van der Waals surface area contributed by atoms with E-state index in [1.165, 1.54) is 0 Å². The van der Waals surface area contributed by atoms with Crippen LogP contribution < -0.4 is 14.8 Å². The number of aryl methyl sites for hydroxylation is 1. The Morgan fingerprint density at radius 2 is 1.83 bits per heavy atom. The monoisotopic (exact) mass is 472 g/mol. The van der Waals surface area contributed by atoms with Crippen LogP contribution in [-0.2, 0) is 13.6 Å². The third kappa shape index (κ3) is 6.47. The molecule has 0 aliphatic heterocycles. The van der Waals surface area contributed by atoms with Crippen LogP contribution >= 0.6 is 0 Å². The molecule has 1 amide bonds. The molecular formula is C28H32N4O3. The van der Waals surface area contributed by atoms with Crippen LogP contribution in [-0.4, -0.2) is 34.9 Å². The lowest BCUT2D eigenvalue weighted by Crippen LogP contribution is -2.23. The lowest BCUT2D eigenvalue weighted by atomic mass is 10.0. The zero-order valence-corrected chi connectivity index (χ0v) is 21.2. The topological polar surface area (TPSA) is 78.3 Å². The van der Waals surface area contributed by atoms with E-state index in [0.29, 0.717) is 29.2 Å². The van der Waals surface area contributed by atoms with Gasteiger partial charge in [-0.25, -0.2) is 0 Å². The zero-order valence-electron chi connectivity index (χ0n) is 21.2. The molecule has 0 unspecified atom stereocenters. The Hall–Kier alpha value is -4.13. The molecule has 0 bridgehead atoms. The molecular weight excluding hydrogens is 440 g/mol. The van der Waals surface area contributed by atoms with Gasteiger partial charge >= 0.3 is 0 Å². The first-order valence-electron chi connectivity index (χ1n) is 11.2. The Morgan fingerprint density at radius 3 is 2.46 bits per heavy atom. The summed E-state index contributed by atoms with van der Waals surface area (Å²) in [5.41, 5.74) is 6.67. The highest BCUT2D eigenvalue weighted by atomic mass is 16.5. The largest absolute Gasteiger partial charge is 0.493 e. The number of hydrogen-bond acceptors (Lipinski definition) is 5. The molecule has 2 aromatic heterocycles. The van der Waals surface area contributed by atoms with Crippen molar-refractivity contribution in [3.63, 3.8) is 0 Å². The quantitative estimate of drug-likeness (QED) is 0.425. The van der Waals surface area contributed by atoms with Crippen molar-refractivity contribution in [2.24, 2.45) is 7.05 Å². The highest BCUT2D eigenvalue weighted by molar-refractivity contribution is 6.01. The fourth-order valence-electron chi connectivity index (χ4n) is 3.76. The van der Waals surface area contributed by atoms with E-state index < -0.39 is 0 Å². The molecule has 0 saturated heterocycles. The van der Waals surface area contributed by atoms with Crippen molar-refractivity contribution >= 4 is 11.5 Å². The predicted molar refractivity (Wildman–Crippen MR) is 139 cm³/mol. The second-order valence-corrected chi connectivity index (χ2v) is 8.45. The molecule has 0 saturated carbocycles. The zero-order chi connectivity index (χ0) is 25.5. The molecule has 7 heteroatoms. The Balaban J connectivity index is 1.94. The van der Waals surface area contributed by atoms with Crippen molar-refractivity contribution in [3.8, 4) is 22.6 Å². The number of methoxy groups -OCH3 is 2. The molecule has 0 spiro atoms. The smallest absolute Gasteiger partial charge is 0.252 e. The molecule has 182 valence electrons. The normalized spacial score (nSPS) is 11.8. The van der Waals surface area contributed by atoms with Gasteiger partial charge < -0.3 is 14.8 Å². The Bertz CT molecular complexity index is 1300. The molecule has 0 fully saturated rings. The van der Waals surface area contributed by atoms with Gasteiger partial charge in [-0.2, -0.15) is 5.10 Å². The maximum atomic E-state index is 13.4. The van der Waals surface area contributed by atoms with Gasteiger partial charge in [0.15, 0.2) is 11.5 Å². The van der Waals surface area contributed by atoms with E-state index in [9.17, 15) is 4.79 Å². The van der Waals surface area contributed by atoms with Crippen molar-refractivity contribution in [3.05, 3.63) is 89.6 Å². The van der Waals surface area contributed by atoms with Crippen molar-refractivity contribution in [1.29, 1.82) is 0 Å². The van der Waals surface area contributed by atoms with Crippen LogP contribution in [0, 0.1) is 0 Å². The van der Waals surface area contributed by atoms with Crippen LogP contribution in [0.1, 0.15) is 42.4 Å². The Morgan fingerprint density at radius 1 is 1.09 bits per heavy atom. The van der Waals surface area contributed by atoms with Crippen molar-refractivity contribution < 1.29 is 14.3 Å². The number of nitrogens with one attached hydrogen (secondary N) is 1. The second-order valence-electron chi connectivity index (χ2n) is 8.45. The highest BCUT2D eigenvalue weighted by Crippen LogP contribution is 2.28. The molecule has 7 nitrogen and oxygen atoms in total. The fourth-order valence-corrected chi connectivity index (χ4v) is 3.76. The Kier molecular flexibility index (Phi) is 8.25. The number of hydrogen-bond donors (Lipinski definition) is 1. The number of benzene rings is 1. The summed E-state index contributed by atoms with van der Waals surface area (Å²) in [6.07, 6.45) is 9.36. The van der Waals surface area contributed by atoms with Crippen LogP contribution in [0.2, 0.25) is 0 Å². The van der Waals surface area contributed by atoms with E-state index in [-0.39, 0.29) is 5.91 Å². The van der Waals surface area contributed by atoms with Crippen LogP contribution in [0.4, 0.5) is 0 Å². The standard InChI is InChI=1S/C28H32N4O3/c1-18(2)10-19(3)11-20(4)25-13-23(24(16-29-25)22-15-31-32(5)17-22)28(33)30-14-21-8-9-26(34-6)27(12-21)35-7/h8-13,15-17H,1,14H2,2-7H3,(H,30,33)/b19-10-,20-11+. The summed E-state index contributed by atoms with van der Waals surface area (Å²) < 4.78 is 12.4. The van der Waals surface area contributed by atoms with E-state index in [4.69, 9.17) is 9.47 Å². The van der Waals surface area contributed by atoms with Gasteiger partial charge in [-0.3, -0.25) is 14.5 Å². The molecule has 0 aliphatic rings. The summed E-state index contributed by atoms with van der Waals surface area (Å²) in [6, 6.07) is 7.39. The molecule has 1 aromatic carbocycles. The van der Waals surface area contributed by atoms with E-state index >= 15 is 0 Å². The third-order valence-corrected chi connectivity index (χ3v) is 5.39. The van der Waals surface area contributed by atoms with Gasteiger partial charge in [0.25, 0.3) is 5.91 Å². The van der Waals surface area contributed by atoms with Gasteiger partial charge in [0.1, 0.15) is 0 Å². The van der Waals surface area contributed by atoms with Gasteiger partial charge in [0.2, 0.25) is 0 Å². The molecule has 3 aromatic rings. The van der Waals surface area contributed by atoms with Crippen LogP contribution in [0.3, 0.4) is 0 Å². The lowest BCUT2D eigenvalue weighted by Gasteiger charge is -2.13. The first-order chi connectivity index (χ1) is 16.7. The van der Waals surface area contributed by atoms with Gasteiger partial charge in [-0.1, -0.05) is 35.9 Å². The number of pyridine rings is 1. The van der Waals surface area contributed by atoms with Crippen molar-refractivity contribution in [1.82, 2.24) is 20.1 Å². The molecule has 35 heavy (non-hydrogen) atoms. The van der Waals surface area contributed by atoms with E-state index in [1.54, 1.807) is 31.3 Å². The summed E-state index contributed by atoms with van der Waals surface area (Å²) in [6.45, 7) is 10.2. The molecule has 0 aliphatic carbocycles. The number of carbonyl (C=O) groups excluding carboxylic acids is 1. The number of aromatic nitrogens is 3. The van der Waals surface area contributed by atoms with Crippen molar-refractivity contribution in [2.75, 3.05) is 14.2 Å². The number of nitrogens with zero attached hydrogens (tertiary/aromatic N) is 3. The number of rotatable bonds is 9. The predicted octanol–water partition coefficient (Wildman–Crippen LogP) is 5.36. The van der Waals surface area contributed by atoms with E-state index in [2.05, 4.69) is 22.0 Å². The number of allylic oxidation sites excluding steroid dienone is 5. The SMILES string of the molecule is C=C(C)/C=C(C)\C=C(/C)c1cc(C(=O)NCc2ccc(OC)c(OC)c2)c(-c2cnn(C)c2)cn1. The first kappa shape index (κ1) is 25.5. The number of amides is 1. The summed E-state index contributed by atoms with van der Waals surface area (Å²) in [5, 5.41) is 7.27. The first-order valence-corrected chi connectivity index (χ1v) is 11.2. The summed E-state index contributed by atoms with van der Waals surface area (Å²) in [5.74, 6) is 1.04. The van der Waals surface area contributed by atoms with Gasteiger partial charge in [-0.05, 0) is 50.1 Å². The second kappa shape index (κ2) is 11.3. The molecule has 2 heterocycles. The summed E-state index contributed by atoms with van der Waals surface area (Å²) in [7, 11) is 5.01. The Labute approximate surface area is 206 Å². The summed E-state index contributed by atoms with van der Waals surface area (Å²) in [4.78, 5) is 18.0.